The predicted octanol–water partition coefficient (Wildman–Crippen LogP) is 3.76. The number of benzene rings is 1. The normalized spacial score (nSPS) is 19.1. The van der Waals surface area contributed by atoms with Gasteiger partial charge in [-0.2, -0.15) is 13.2 Å². The molecule has 2 aliphatic rings. The van der Waals surface area contributed by atoms with Crippen LogP contribution >= 0.6 is 0 Å². The summed E-state index contributed by atoms with van der Waals surface area (Å²) in [6.45, 7) is 2.94. The van der Waals surface area contributed by atoms with Crippen LogP contribution in [0.4, 0.5) is 23.7 Å². The van der Waals surface area contributed by atoms with Crippen molar-refractivity contribution in [2.75, 3.05) is 31.6 Å². The van der Waals surface area contributed by atoms with E-state index in [2.05, 4.69) is 10.1 Å². The minimum absolute atomic E-state index is 0.0573. The molecule has 1 fully saturated rings. The summed E-state index contributed by atoms with van der Waals surface area (Å²) >= 11 is 0. The van der Waals surface area contributed by atoms with Crippen molar-refractivity contribution in [1.29, 1.82) is 0 Å². The van der Waals surface area contributed by atoms with Crippen LogP contribution in [0.5, 0.6) is 11.5 Å². The zero-order valence-electron chi connectivity index (χ0n) is 16.9. The van der Waals surface area contributed by atoms with Gasteiger partial charge in [-0.05, 0) is 32.8 Å². The number of hydrogen-bond acceptors (Lipinski definition) is 5. The number of alkyl halides is 3. The van der Waals surface area contributed by atoms with E-state index in [0.717, 1.165) is 12.0 Å². The smallest absolute Gasteiger partial charge is 0.422 e. The number of anilines is 1. The summed E-state index contributed by atoms with van der Waals surface area (Å²) in [5.41, 5.74) is 1.54. The lowest BCUT2D eigenvalue weighted by Crippen LogP contribution is -2.42. The topological polar surface area (TPSA) is 77.1 Å². The van der Waals surface area contributed by atoms with Gasteiger partial charge in [0.05, 0.1) is 12.3 Å². The first-order valence-electron chi connectivity index (χ1n) is 9.92. The highest BCUT2D eigenvalue weighted by Gasteiger charge is 2.33. The molecular weight excluding hydrogens is 405 g/mol. The fraction of sp³-hybridized carbons (Fsp3) is 0.600. The number of halogens is 3. The van der Waals surface area contributed by atoms with Gasteiger partial charge in [0.1, 0.15) is 17.6 Å². The lowest BCUT2D eigenvalue weighted by atomic mass is 9.96. The number of carbonyl (C=O) groups is 2. The van der Waals surface area contributed by atoms with Crippen molar-refractivity contribution in [2.24, 2.45) is 5.92 Å². The number of fused-ring (bicyclic) bond motifs is 1. The fourth-order valence-corrected chi connectivity index (χ4v) is 3.61. The predicted molar refractivity (Wildman–Crippen MR) is 102 cm³/mol. The Kier molecular flexibility index (Phi) is 6.62. The highest BCUT2D eigenvalue weighted by atomic mass is 19.4. The van der Waals surface area contributed by atoms with Gasteiger partial charge in [-0.15, -0.1) is 0 Å². The molecule has 0 saturated carbocycles. The fourth-order valence-electron chi connectivity index (χ4n) is 3.61. The van der Waals surface area contributed by atoms with Crippen LogP contribution in [-0.4, -0.2) is 55.5 Å². The van der Waals surface area contributed by atoms with E-state index in [1.807, 2.05) is 19.9 Å². The first-order valence-corrected chi connectivity index (χ1v) is 9.92. The Labute approximate surface area is 172 Å². The van der Waals surface area contributed by atoms with Crippen LogP contribution in [0, 0.1) is 5.92 Å². The molecule has 2 aliphatic heterocycles. The Morgan fingerprint density at radius 3 is 2.60 bits per heavy atom. The van der Waals surface area contributed by atoms with E-state index in [4.69, 9.17) is 9.47 Å². The molecular formula is C20H25F3N2O5. The first-order chi connectivity index (χ1) is 14.2. The molecule has 0 aliphatic carbocycles. The molecule has 0 unspecified atom stereocenters. The van der Waals surface area contributed by atoms with Crippen molar-refractivity contribution < 1.29 is 37.0 Å². The average molecular weight is 430 g/mol. The Balaban J connectivity index is 1.57. The maximum atomic E-state index is 12.7. The highest BCUT2D eigenvalue weighted by Crippen LogP contribution is 2.38. The summed E-state index contributed by atoms with van der Waals surface area (Å²) in [6.07, 6.45) is -4.10. The molecule has 3 rings (SSSR count). The summed E-state index contributed by atoms with van der Waals surface area (Å²) in [5.74, 6) is 0.670. The molecule has 1 atom stereocenters. The third-order valence-corrected chi connectivity index (χ3v) is 5.04. The number of piperidine rings is 1. The van der Waals surface area contributed by atoms with E-state index in [0.29, 0.717) is 36.6 Å². The van der Waals surface area contributed by atoms with Gasteiger partial charge >= 0.3 is 12.3 Å². The van der Waals surface area contributed by atoms with Gasteiger partial charge in [0.2, 0.25) is 5.91 Å². The van der Waals surface area contributed by atoms with Gasteiger partial charge in [-0.3, -0.25) is 4.79 Å². The summed E-state index contributed by atoms with van der Waals surface area (Å²) in [5, 5.41) is 2.87. The molecule has 10 heteroatoms. The number of carbonyl (C=O) groups excluding carboxylic acids is 2. The molecule has 1 aromatic rings. The van der Waals surface area contributed by atoms with E-state index in [9.17, 15) is 22.8 Å². The second-order valence-electron chi connectivity index (χ2n) is 7.44. The Bertz CT molecular complexity index is 791. The zero-order valence-corrected chi connectivity index (χ0v) is 16.9. The summed E-state index contributed by atoms with van der Waals surface area (Å²) < 4.78 is 52.2. The van der Waals surface area contributed by atoms with E-state index in [1.165, 1.54) is 4.90 Å². The van der Waals surface area contributed by atoms with Crippen LogP contribution in [0.25, 0.3) is 0 Å². The number of nitrogens with zero attached hydrogens (tertiary/aromatic N) is 1. The SMILES string of the molecule is CCOc1cc2c(cc1NC(=O)C1CCN(C(=O)OCC(F)(F)F)CC1)O[C@H](C)C2. The number of nitrogens with one attached hydrogen (secondary N) is 1. The zero-order chi connectivity index (χ0) is 21.9. The maximum absolute atomic E-state index is 12.7. The van der Waals surface area contributed by atoms with Gasteiger partial charge in [-0.1, -0.05) is 0 Å². The van der Waals surface area contributed by atoms with Crippen LogP contribution in [0.1, 0.15) is 32.3 Å². The van der Waals surface area contributed by atoms with Crippen molar-refractivity contribution in [3.63, 3.8) is 0 Å². The number of likely N-dealkylation sites (tertiary alicyclic amines) is 1. The van der Waals surface area contributed by atoms with Gasteiger partial charge in [0.15, 0.2) is 6.61 Å². The minimum atomic E-state index is -4.57. The Morgan fingerprint density at radius 1 is 1.27 bits per heavy atom. The monoisotopic (exact) mass is 430 g/mol. The van der Waals surface area contributed by atoms with Crippen molar-refractivity contribution in [3.05, 3.63) is 17.7 Å². The van der Waals surface area contributed by atoms with Crippen LogP contribution in [0.3, 0.4) is 0 Å². The van der Waals surface area contributed by atoms with Crippen molar-refractivity contribution in [3.8, 4) is 11.5 Å². The molecule has 0 bridgehead atoms. The van der Waals surface area contributed by atoms with E-state index in [-0.39, 0.29) is 31.0 Å². The first kappa shape index (κ1) is 22.0. The molecule has 1 saturated heterocycles. The second kappa shape index (κ2) is 9.01. The van der Waals surface area contributed by atoms with Gasteiger partial charge in [0, 0.05) is 37.1 Å². The Hall–Kier alpha value is -2.65. The standard InChI is InChI=1S/C20H25F3N2O5/c1-3-28-17-9-14-8-12(2)30-16(14)10-15(17)24-18(26)13-4-6-25(7-5-13)19(27)29-11-20(21,22)23/h9-10,12-13H,3-8,11H2,1-2H3,(H,24,26)/t12-/m1/s1. The number of hydrogen-bond donors (Lipinski definition) is 1. The number of amides is 2. The van der Waals surface area contributed by atoms with Gasteiger partial charge in [0.25, 0.3) is 0 Å². The molecule has 0 aromatic heterocycles. The molecule has 30 heavy (non-hydrogen) atoms. The molecule has 1 aromatic carbocycles. The van der Waals surface area contributed by atoms with Gasteiger partial charge < -0.3 is 24.4 Å². The van der Waals surface area contributed by atoms with E-state index >= 15 is 0 Å². The molecule has 7 nitrogen and oxygen atoms in total. The quantitative estimate of drug-likeness (QED) is 0.770. The highest BCUT2D eigenvalue weighted by molar-refractivity contribution is 5.94. The van der Waals surface area contributed by atoms with Crippen molar-refractivity contribution >= 4 is 17.7 Å². The third kappa shape index (κ3) is 5.48. The average Bonchev–Trinajstić information content (AvgIpc) is 3.05. The molecule has 2 amide bonds. The molecule has 166 valence electrons. The molecule has 0 radical (unpaired) electrons. The molecule has 1 N–H and O–H groups in total. The van der Waals surface area contributed by atoms with E-state index in [1.54, 1.807) is 6.07 Å². The largest absolute Gasteiger partial charge is 0.492 e. The Morgan fingerprint density at radius 2 is 1.97 bits per heavy atom. The van der Waals surface area contributed by atoms with Crippen LogP contribution in [0.15, 0.2) is 12.1 Å². The lowest BCUT2D eigenvalue weighted by molar-refractivity contribution is -0.162. The second-order valence-corrected chi connectivity index (χ2v) is 7.44. The molecule has 0 spiro atoms. The minimum Gasteiger partial charge on any atom is -0.492 e. The van der Waals surface area contributed by atoms with E-state index < -0.39 is 18.9 Å². The molecule has 2 heterocycles. The van der Waals surface area contributed by atoms with Crippen molar-refractivity contribution in [2.45, 2.75) is 45.4 Å². The van der Waals surface area contributed by atoms with Crippen LogP contribution in [0.2, 0.25) is 0 Å². The third-order valence-electron chi connectivity index (χ3n) is 5.04. The number of ether oxygens (including phenoxy) is 3. The van der Waals surface area contributed by atoms with Crippen molar-refractivity contribution in [1.82, 2.24) is 4.90 Å². The van der Waals surface area contributed by atoms with Gasteiger partial charge in [-0.25, -0.2) is 4.79 Å². The number of rotatable bonds is 5. The summed E-state index contributed by atoms with van der Waals surface area (Å²) in [4.78, 5) is 25.7. The summed E-state index contributed by atoms with van der Waals surface area (Å²) in [7, 11) is 0. The lowest BCUT2D eigenvalue weighted by Gasteiger charge is -2.30. The maximum Gasteiger partial charge on any atom is 0.422 e. The summed E-state index contributed by atoms with van der Waals surface area (Å²) in [6, 6.07) is 3.63. The van der Waals surface area contributed by atoms with Crippen LogP contribution < -0.4 is 14.8 Å². The van der Waals surface area contributed by atoms with Crippen LogP contribution in [-0.2, 0) is 16.0 Å².